The fraction of sp³-hybridized carbons (Fsp3) is 0.227. The summed E-state index contributed by atoms with van der Waals surface area (Å²) in [5.74, 6) is 0.819. The molecular formula is C22H24N2O2. The van der Waals surface area contributed by atoms with Crippen LogP contribution in [-0.2, 0) is 11.3 Å². The topological polar surface area (TPSA) is 45.5 Å². The van der Waals surface area contributed by atoms with Crippen LogP contribution in [0.4, 0.5) is 0 Å². The minimum absolute atomic E-state index is 0.0363. The molecule has 0 saturated carbocycles. The van der Waals surface area contributed by atoms with E-state index in [1.54, 1.807) is 18.2 Å². The highest BCUT2D eigenvalue weighted by Crippen LogP contribution is 2.21. The third-order valence-corrected chi connectivity index (χ3v) is 4.48. The molecule has 2 aromatic carbocycles. The van der Waals surface area contributed by atoms with E-state index in [-0.39, 0.29) is 11.9 Å². The lowest BCUT2D eigenvalue weighted by molar-refractivity contribution is -0.129. The van der Waals surface area contributed by atoms with Crippen molar-refractivity contribution >= 4 is 5.91 Å². The van der Waals surface area contributed by atoms with Gasteiger partial charge in [0.2, 0.25) is 5.91 Å². The Morgan fingerprint density at radius 2 is 1.69 bits per heavy atom. The number of likely N-dealkylation sites (N-methyl/N-ethyl adjacent to an activating group) is 1. The van der Waals surface area contributed by atoms with Gasteiger partial charge >= 0.3 is 0 Å². The summed E-state index contributed by atoms with van der Waals surface area (Å²) in [6.45, 7) is 2.84. The maximum Gasteiger partial charge on any atom is 0.236 e. The van der Waals surface area contributed by atoms with Gasteiger partial charge in [0.25, 0.3) is 0 Å². The van der Waals surface area contributed by atoms with Crippen LogP contribution in [0.2, 0.25) is 0 Å². The molecule has 4 heteroatoms. The molecule has 0 unspecified atom stereocenters. The van der Waals surface area contributed by atoms with Gasteiger partial charge in [0.05, 0.1) is 19.4 Å². The molecule has 0 aliphatic carbocycles. The van der Waals surface area contributed by atoms with Crippen molar-refractivity contribution in [2.45, 2.75) is 19.5 Å². The summed E-state index contributed by atoms with van der Waals surface area (Å²) in [4.78, 5) is 13.9. The summed E-state index contributed by atoms with van der Waals surface area (Å²) < 4.78 is 5.28. The van der Waals surface area contributed by atoms with Gasteiger partial charge in [-0.3, -0.25) is 4.79 Å². The second-order valence-corrected chi connectivity index (χ2v) is 6.42. The van der Waals surface area contributed by atoms with Crippen molar-refractivity contribution in [3.63, 3.8) is 0 Å². The molecule has 1 amide bonds. The Bertz CT molecular complexity index is 811. The molecule has 3 aromatic rings. The number of rotatable bonds is 7. The first kappa shape index (κ1) is 18.0. The van der Waals surface area contributed by atoms with Gasteiger partial charge in [0, 0.05) is 13.1 Å². The van der Waals surface area contributed by atoms with Crippen LogP contribution in [0.1, 0.15) is 24.3 Å². The van der Waals surface area contributed by atoms with Crippen LogP contribution in [0.3, 0.4) is 0 Å². The Balaban J connectivity index is 1.53. The molecule has 0 radical (unpaired) electrons. The highest BCUT2D eigenvalue weighted by molar-refractivity contribution is 5.78. The van der Waals surface area contributed by atoms with Gasteiger partial charge in [0.15, 0.2) is 0 Å². The van der Waals surface area contributed by atoms with Gasteiger partial charge in [-0.1, -0.05) is 54.6 Å². The van der Waals surface area contributed by atoms with E-state index in [1.807, 2.05) is 30.3 Å². The minimum Gasteiger partial charge on any atom is -0.467 e. The molecule has 1 heterocycles. The molecule has 26 heavy (non-hydrogen) atoms. The fourth-order valence-electron chi connectivity index (χ4n) is 2.81. The fourth-order valence-corrected chi connectivity index (χ4v) is 2.81. The Morgan fingerprint density at radius 1 is 1.00 bits per heavy atom. The zero-order valence-corrected chi connectivity index (χ0v) is 15.2. The highest BCUT2D eigenvalue weighted by atomic mass is 16.3. The number of nitrogens with one attached hydrogen (secondary N) is 1. The number of carbonyl (C=O) groups is 1. The predicted octanol–water partition coefficient (Wildman–Crippen LogP) is 4.26. The first-order valence-electron chi connectivity index (χ1n) is 8.78. The van der Waals surface area contributed by atoms with Crippen LogP contribution in [-0.4, -0.2) is 24.4 Å². The number of hydrogen-bond acceptors (Lipinski definition) is 3. The molecule has 0 aliphatic rings. The third kappa shape index (κ3) is 4.61. The SMILES string of the molecule is C[C@@H](NCC(=O)N(C)Cc1ccco1)c1ccc(-c2ccccc2)cc1. The van der Waals surface area contributed by atoms with Crippen LogP contribution in [0.15, 0.2) is 77.4 Å². The number of hydrogen-bond donors (Lipinski definition) is 1. The molecule has 4 nitrogen and oxygen atoms in total. The summed E-state index contributed by atoms with van der Waals surface area (Å²) in [5.41, 5.74) is 3.55. The molecule has 0 aliphatic heterocycles. The molecular weight excluding hydrogens is 324 g/mol. The summed E-state index contributed by atoms with van der Waals surface area (Å²) in [6, 6.07) is 22.5. The normalized spacial score (nSPS) is 11.9. The molecule has 3 rings (SSSR count). The third-order valence-electron chi connectivity index (χ3n) is 4.48. The van der Waals surface area contributed by atoms with Gasteiger partial charge < -0.3 is 14.6 Å². The first-order valence-corrected chi connectivity index (χ1v) is 8.78. The van der Waals surface area contributed by atoms with E-state index in [2.05, 4.69) is 48.6 Å². The minimum atomic E-state index is 0.0363. The average Bonchev–Trinajstić information content (AvgIpc) is 3.19. The molecule has 0 saturated heterocycles. The number of furan rings is 1. The number of nitrogens with zero attached hydrogens (tertiary/aromatic N) is 1. The maximum absolute atomic E-state index is 12.3. The Kier molecular flexibility index (Phi) is 5.87. The Morgan fingerprint density at radius 3 is 2.35 bits per heavy atom. The van der Waals surface area contributed by atoms with Gasteiger partial charge in [-0.25, -0.2) is 0 Å². The van der Waals surface area contributed by atoms with Crippen molar-refractivity contribution in [2.75, 3.05) is 13.6 Å². The Labute approximate surface area is 154 Å². The van der Waals surface area contributed by atoms with Gasteiger partial charge in [0.1, 0.15) is 5.76 Å². The van der Waals surface area contributed by atoms with Gasteiger partial charge in [-0.05, 0) is 35.7 Å². The highest BCUT2D eigenvalue weighted by Gasteiger charge is 2.13. The lowest BCUT2D eigenvalue weighted by Gasteiger charge is -2.19. The van der Waals surface area contributed by atoms with E-state index in [4.69, 9.17) is 4.42 Å². The van der Waals surface area contributed by atoms with Crippen LogP contribution >= 0.6 is 0 Å². The standard InChI is InChI=1S/C22H24N2O2/c1-17(23-15-22(25)24(2)16-21-9-6-14-26-21)18-10-12-20(13-11-18)19-7-4-3-5-8-19/h3-14,17,23H,15-16H2,1-2H3/t17-/m1/s1. The number of benzene rings is 2. The molecule has 1 N–H and O–H groups in total. The largest absolute Gasteiger partial charge is 0.467 e. The molecule has 0 bridgehead atoms. The summed E-state index contributed by atoms with van der Waals surface area (Å²) in [7, 11) is 1.78. The summed E-state index contributed by atoms with van der Waals surface area (Å²) in [5, 5.41) is 3.30. The maximum atomic E-state index is 12.3. The molecule has 1 aromatic heterocycles. The van der Waals surface area contributed by atoms with Gasteiger partial charge in [-0.2, -0.15) is 0 Å². The van der Waals surface area contributed by atoms with E-state index in [1.165, 1.54) is 11.1 Å². The van der Waals surface area contributed by atoms with E-state index >= 15 is 0 Å². The summed E-state index contributed by atoms with van der Waals surface area (Å²) >= 11 is 0. The van der Waals surface area contributed by atoms with E-state index in [0.29, 0.717) is 13.1 Å². The average molecular weight is 348 g/mol. The van der Waals surface area contributed by atoms with Crippen molar-refractivity contribution in [1.29, 1.82) is 0 Å². The molecule has 0 fully saturated rings. The molecule has 0 spiro atoms. The van der Waals surface area contributed by atoms with Crippen molar-refractivity contribution in [3.8, 4) is 11.1 Å². The van der Waals surface area contributed by atoms with Gasteiger partial charge in [-0.15, -0.1) is 0 Å². The zero-order chi connectivity index (χ0) is 18.4. The summed E-state index contributed by atoms with van der Waals surface area (Å²) in [6.07, 6.45) is 1.62. The van der Waals surface area contributed by atoms with E-state index in [0.717, 1.165) is 11.3 Å². The quantitative estimate of drug-likeness (QED) is 0.694. The van der Waals surface area contributed by atoms with Crippen molar-refractivity contribution in [1.82, 2.24) is 10.2 Å². The molecule has 134 valence electrons. The van der Waals surface area contributed by atoms with Crippen LogP contribution < -0.4 is 5.32 Å². The lowest BCUT2D eigenvalue weighted by Crippen LogP contribution is -2.36. The van der Waals surface area contributed by atoms with Crippen LogP contribution in [0, 0.1) is 0 Å². The van der Waals surface area contributed by atoms with E-state index < -0.39 is 0 Å². The number of amides is 1. The predicted molar refractivity (Wildman–Crippen MR) is 103 cm³/mol. The Hall–Kier alpha value is -2.85. The second kappa shape index (κ2) is 8.50. The monoisotopic (exact) mass is 348 g/mol. The van der Waals surface area contributed by atoms with Crippen molar-refractivity contribution in [2.24, 2.45) is 0 Å². The van der Waals surface area contributed by atoms with Crippen LogP contribution in [0.25, 0.3) is 11.1 Å². The lowest BCUT2D eigenvalue weighted by atomic mass is 10.0. The number of carbonyl (C=O) groups excluding carboxylic acids is 1. The van der Waals surface area contributed by atoms with Crippen molar-refractivity contribution < 1.29 is 9.21 Å². The van der Waals surface area contributed by atoms with Crippen LogP contribution in [0.5, 0.6) is 0 Å². The smallest absolute Gasteiger partial charge is 0.236 e. The first-order chi connectivity index (χ1) is 12.6. The zero-order valence-electron chi connectivity index (χ0n) is 15.2. The second-order valence-electron chi connectivity index (χ2n) is 6.42. The van der Waals surface area contributed by atoms with Crippen molar-refractivity contribution in [3.05, 3.63) is 84.3 Å². The van der Waals surface area contributed by atoms with E-state index in [9.17, 15) is 4.79 Å². The molecule has 1 atom stereocenters.